The van der Waals surface area contributed by atoms with Crippen LogP contribution in [-0.2, 0) is 10.2 Å². The van der Waals surface area contributed by atoms with Crippen LogP contribution in [0.1, 0.15) is 20.8 Å². The Morgan fingerprint density at radius 1 is 1.47 bits per heavy atom. The molecule has 92 valence electrons. The molecule has 0 bridgehead atoms. The fraction of sp³-hybridized carbons (Fsp3) is 1.00. The van der Waals surface area contributed by atoms with Crippen LogP contribution in [0, 0.1) is 0 Å². The molecule has 1 aliphatic heterocycles. The molecule has 15 heavy (non-hydrogen) atoms. The van der Waals surface area contributed by atoms with Crippen LogP contribution in [-0.4, -0.2) is 44.4 Å². The Bertz CT molecular complexity index is 282. The Balaban J connectivity index is 0.00000196. The summed E-state index contributed by atoms with van der Waals surface area (Å²) < 4.78 is 27.5. The molecule has 1 atom stereocenters. The van der Waals surface area contributed by atoms with E-state index in [2.05, 4.69) is 10.0 Å². The maximum absolute atomic E-state index is 11.7. The summed E-state index contributed by atoms with van der Waals surface area (Å²) in [6, 6.07) is 0.178. The van der Waals surface area contributed by atoms with Crippen LogP contribution in [0.4, 0.5) is 0 Å². The molecule has 0 radical (unpaired) electrons. The molecule has 0 saturated carbocycles. The highest BCUT2D eigenvalue weighted by Crippen LogP contribution is 2.04. The smallest absolute Gasteiger partial charge is 0.279 e. The third kappa shape index (κ3) is 4.65. The molecule has 0 aromatic heterocycles. The maximum atomic E-state index is 11.7. The van der Waals surface area contributed by atoms with Crippen molar-refractivity contribution in [1.29, 1.82) is 0 Å². The van der Waals surface area contributed by atoms with E-state index in [0.717, 1.165) is 6.54 Å². The average Bonchev–Trinajstić information content (AvgIpc) is 2.01. The lowest BCUT2D eigenvalue weighted by molar-refractivity contribution is 0.305. The van der Waals surface area contributed by atoms with E-state index in [1.807, 2.05) is 20.8 Å². The van der Waals surface area contributed by atoms with Crippen molar-refractivity contribution < 1.29 is 8.42 Å². The minimum atomic E-state index is -3.27. The van der Waals surface area contributed by atoms with Gasteiger partial charge in [0.15, 0.2) is 0 Å². The molecule has 1 saturated heterocycles. The Hall–Kier alpha value is 0.120. The monoisotopic (exact) mass is 257 g/mol. The van der Waals surface area contributed by atoms with Crippen LogP contribution in [0.3, 0.4) is 0 Å². The number of nitrogens with one attached hydrogen (secondary N) is 2. The van der Waals surface area contributed by atoms with E-state index in [1.165, 1.54) is 4.31 Å². The normalized spacial score (nSPS) is 23.9. The standard InChI is InChI=1S/C8H19N3O2S.ClH/c1-7(2)10-14(12,13)11-5-4-9-8(3)6-11;/h7-10H,4-6H2,1-3H3;1H. The molecule has 5 nitrogen and oxygen atoms in total. The predicted molar refractivity (Wildman–Crippen MR) is 63.5 cm³/mol. The van der Waals surface area contributed by atoms with Crippen molar-refractivity contribution in [3.05, 3.63) is 0 Å². The summed E-state index contributed by atoms with van der Waals surface area (Å²) in [6.07, 6.45) is 0. The molecule has 0 aromatic carbocycles. The van der Waals surface area contributed by atoms with E-state index in [4.69, 9.17) is 0 Å². The first-order valence-corrected chi connectivity index (χ1v) is 6.36. The zero-order valence-corrected chi connectivity index (χ0v) is 11.0. The van der Waals surface area contributed by atoms with Crippen molar-refractivity contribution in [3.8, 4) is 0 Å². The Morgan fingerprint density at radius 2 is 2.07 bits per heavy atom. The lowest BCUT2D eigenvalue weighted by Crippen LogP contribution is -2.55. The van der Waals surface area contributed by atoms with Crippen molar-refractivity contribution >= 4 is 22.6 Å². The van der Waals surface area contributed by atoms with Gasteiger partial charge in [0.1, 0.15) is 0 Å². The van der Waals surface area contributed by atoms with Gasteiger partial charge in [-0.15, -0.1) is 12.4 Å². The Labute approximate surface area is 98.2 Å². The van der Waals surface area contributed by atoms with Gasteiger partial charge in [-0.1, -0.05) is 0 Å². The van der Waals surface area contributed by atoms with Crippen molar-refractivity contribution in [2.45, 2.75) is 32.9 Å². The van der Waals surface area contributed by atoms with Gasteiger partial charge in [0.25, 0.3) is 10.2 Å². The van der Waals surface area contributed by atoms with Crippen molar-refractivity contribution in [2.24, 2.45) is 0 Å². The van der Waals surface area contributed by atoms with Gasteiger partial charge in [0.2, 0.25) is 0 Å². The second-order valence-electron chi connectivity index (χ2n) is 3.99. The van der Waals surface area contributed by atoms with Crippen LogP contribution in [0.2, 0.25) is 0 Å². The molecular weight excluding hydrogens is 238 g/mol. The first kappa shape index (κ1) is 15.1. The first-order chi connectivity index (χ1) is 6.42. The molecule has 0 aliphatic carbocycles. The molecule has 0 aromatic rings. The van der Waals surface area contributed by atoms with Gasteiger partial charge in [0, 0.05) is 31.7 Å². The topological polar surface area (TPSA) is 61.4 Å². The second-order valence-corrected chi connectivity index (χ2v) is 5.69. The van der Waals surface area contributed by atoms with E-state index >= 15 is 0 Å². The van der Waals surface area contributed by atoms with E-state index in [1.54, 1.807) is 0 Å². The zero-order valence-electron chi connectivity index (χ0n) is 9.36. The summed E-state index contributed by atoms with van der Waals surface area (Å²) in [4.78, 5) is 0. The van der Waals surface area contributed by atoms with Gasteiger partial charge in [-0.05, 0) is 20.8 Å². The van der Waals surface area contributed by atoms with Crippen LogP contribution in [0.5, 0.6) is 0 Å². The van der Waals surface area contributed by atoms with E-state index in [-0.39, 0.29) is 24.5 Å². The zero-order chi connectivity index (χ0) is 10.8. The van der Waals surface area contributed by atoms with Crippen LogP contribution in [0.25, 0.3) is 0 Å². The van der Waals surface area contributed by atoms with Crippen LogP contribution in [0.15, 0.2) is 0 Å². The summed E-state index contributed by atoms with van der Waals surface area (Å²) in [6.45, 7) is 7.44. The number of nitrogens with zero attached hydrogens (tertiary/aromatic N) is 1. The van der Waals surface area contributed by atoms with Gasteiger partial charge in [0.05, 0.1) is 0 Å². The first-order valence-electron chi connectivity index (χ1n) is 4.92. The molecule has 0 spiro atoms. The maximum Gasteiger partial charge on any atom is 0.279 e. The molecule has 2 N–H and O–H groups in total. The van der Waals surface area contributed by atoms with Gasteiger partial charge in [-0.25, -0.2) is 0 Å². The summed E-state index contributed by atoms with van der Waals surface area (Å²) in [7, 11) is -3.27. The quantitative estimate of drug-likeness (QED) is 0.745. The third-order valence-electron chi connectivity index (χ3n) is 2.06. The van der Waals surface area contributed by atoms with Crippen molar-refractivity contribution in [3.63, 3.8) is 0 Å². The summed E-state index contributed by atoms with van der Waals surface area (Å²) >= 11 is 0. The Morgan fingerprint density at radius 3 is 2.53 bits per heavy atom. The highest BCUT2D eigenvalue weighted by Gasteiger charge is 2.26. The van der Waals surface area contributed by atoms with Crippen LogP contribution < -0.4 is 10.0 Å². The molecule has 7 heteroatoms. The number of halogens is 1. The minimum absolute atomic E-state index is 0. The fourth-order valence-electron chi connectivity index (χ4n) is 1.49. The van der Waals surface area contributed by atoms with Gasteiger partial charge in [-0.2, -0.15) is 17.4 Å². The van der Waals surface area contributed by atoms with Gasteiger partial charge >= 0.3 is 0 Å². The summed E-state index contributed by atoms with van der Waals surface area (Å²) in [5, 5.41) is 3.20. The Kier molecular flexibility index (Phi) is 6.05. The summed E-state index contributed by atoms with van der Waals surface area (Å²) in [5.41, 5.74) is 0. The van der Waals surface area contributed by atoms with E-state index < -0.39 is 10.2 Å². The predicted octanol–water partition coefficient (Wildman–Crippen LogP) is -0.0553. The molecule has 1 unspecified atom stereocenters. The molecule has 1 rings (SSSR count). The highest BCUT2D eigenvalue weighted by molar-refractivity contribution is 7.87. The summed E-state index contributed by atoms with van der Waals surface area (Å²) in [5.74, 6) is 0. The SMILES string of the molecule is CC(C)NS(=O)(=O)N1CCNC(C)C1.Cl. The number of rotatable bonds is 3. The lowest BCUT2D eigenvalue weighted by atomic mass is 10.3. The van der Waals surface area contributed by atoms with Gasteiger partial charge in [-0.3, -0.25) is 0 Å². The molecule has 1 fully saturated rings. The molecular formula is C8H20ClN3O2S. The highest BCUT2D eigenvalue weighted by atomic mass is 35.5. The number of hydrogen-bond acceptors (Lipinski definition) is 3. The molecule has 1 heterocycles. The number of hydrogen-bond donors (Lipinski definition) is 2. The van der Waals surface area contributed by atoms with Gasteiger partial charge < -0.3 is 5.32 Å². The largest absolute Gasteiger partial charge is 0.312 e. The van der Waals surface area contributed by atoms with E-state index in [9.17, 15) is 8.42 Å². The third-order valence-corrected chi connectivity index (χ3v) is 3.84. The van der Waals surface area contributed by atoms with Crippen molar-refractivity contribution in [1.82, 2.24) is 14.3 Å². The van der Waals surface area contributed by atoms with E-state index in [0.29, 0.717) is 13.1 Å². The minimum Gasteiger partial charge on any atom is -0.312 e. The lowest BCUT2D eigenvalue weighted by Gasteiger charge is -2.31. The average molecular weight is 258 g/mol. The fourth-order valence-corrected chi connectivity index (χ4v) is 2.98. The van der Waals surface area contributed by atoms with Crippen LogP contribution >= 0.6 is 12.4 Å². The molecule has 1 aliphatic rings. The second kappa shape index (κ2) is 6.00. The number of piperazine rings is 1. The molecule has 0 amide bonds. The van der Waals surface area contributed by atoms with Crippen molar-refractivity contribution in [2.75, 3.05) is 19.6 Å².